The minimum absolute atomic E-state index is 0.0302. The molecule has 0 aliphatic heterocycles. The summed E-state index contributed by atoms with van der Waals surface area (Å²) in [5.74, 6) is 0.200. The number of urea groups is 1. The van der Waals surface area contributed by atoms with Gasteiger partial charge in [0.25, 0.3) is 0 Å². The summed E-state index contributed by atoms with van der Waals surface area (Å²) in [7, 11) is 1.57. The summed E-state index contributed by atoms with van der Waals surface area (Å²) in [5.41, 5.74) is 6.52. The maximum absolute atomic E-state index is 12.0. The molecule has 10 nitrogen and oxygen atoms in total. The van der Waals surface area contributed by atoms with Gasteiger partial charge < -0.3 is 21.1 Å². The number of anilines is 1. The molecule has 3 amide bonds. The summed E-state index contributed by atoms with van der Waals surface area (Å²) in [5, 5.41) is 14.8. The van der Waals surface area contributed by atoms with E-state index in [2.05, 4.69) is 25.9 Å². The van der Waals surface area contributed by atoms with Crippen molar-refractivity contribution in [3.63, 3.8) is 0 Å². The minimum Gasteiger partial charge on any atom is -0.497 e. The molecule has 27 heavy (non-hydrogen) atoms. The van der Waals surface area contributed by atoms with Crippen molar-refractivity contribution in [1.82, 2.24) is 20.6 Å². The van der Waals surface area contributed by atoms with Crippen LogP contribution in [-0.2, 0) is 4.79 Å². The molecule has 0 aliphatic rings. The Bertz CT molecular complexity index is 824. The maximum atomic E-state index is 12.0. The molecule has 0 aliphatic carbocycles. The second-order valence-electron chi connectivity index (χ2n) is 5.58. The molecule has 6 N–H and O–H groups in total. The Morgan fingerprint density at radius 3 is 2.63 bits per heavy atom. The molecule has 0 saturated heterocycles. The molecule has 1 aromatic heterocycles. The fourth-order valence-corrected chi connectivity index (χ4v) is 2.12. The van der Waals surface area contributed by atoms with E-state index in [4.69, 9.17) is 15.9 Å². The van der Waals surface area contributed by atoms with Crippen molar-refractivity contribution in [2.45, 2.75) is 13.0 Å². The lowest BCUT2D eigenvalue weighted by Crippen LogP contribution is -2.40. The fourth-order valence-electron chi connectivity index (χ4n) is 2.12. The summed E-state index contributed by atoms with van der Waals surface area (Å²) >= 11 is 0. The first-order chi connectivity index (χ1) is 12.9. The number of carbonyl (C=O) groups is 2. The zero-order chi connectivity index (χ0) is 19.8. The predicted octanol–water partition coefficient (Wildman–Crippen LogP) is 0.768. The van der Waals surface area contributed by atoms with Gasteiger partial charge in [-0.1, -0.05) is 12.1 Å². The number of hydrogen-bond acceptors (Lipinski definition) is 6. The highest BCUT2D eigenvalue weighted by Crippen LogP contribution is 2.18. The van der Waals surface area contributed by atoms with E-state index in [-0.39, 0.29) is 30.3 Å². The molecule has 1 atom stereocenters. The number of rotatable bonds is 7. The molecule has 10 heteroatoms. The zero-order valence-corrected chi connectivity index (χ0v) is 14.9. The number of benzene rings is 1. The van der Waals surface area contributed by atoms with Crippen LogP contribution < -0.4 is 26.4 Å². The van der Waals surface area contributed by atoms with Gasteiger partial charge in [0.2, 0.25) is 11.9 Å². The number of amides is 3. The van der Waals surface area contributed by atoms with E-state index in [9.17, 15) is 9.59 Å². The third kappa shape index (κ3) is 5.96. The molecule has 1 aromatic carbocycles. The number of aromatic nitrogens is 2. The van der Waals surface area contributed by atoms with E-state index in [1.165, 1.54) is 12.4 Å². The molecular weight excluding hydrogens is 350 g/mol. The Morgan fingerprint density at radius 2 is 2.00 bits per heavy atom. The zero-order valence-electron chi connectivity index (χ0n) is 14.9. The summed E-state index contributed by atoms with van der Waals surface area (Å²) in [6, 6.07) is 6.46. The van der Waals surface area contributed by atoms with Gasteiger partial charge in [0, 0.05) is 12.4 Å². The highest BCUT2D eigenvalue weighted by molar-refractivity contribution is 5.95. The molecule has 2 aromatic rings. The number of carbonyl (C=O) groups excluding carboxylic acids is 2. The number of nitrogens with zero attached hydrogens (tertiary/aromatic N) is 2. The molecule has 0 unspecified atom stereocenters. The van der Waals surface area contributed by atoms with Crippen molar-refractivity contribution in [2.24, 2.45) is 5.73 Å². The van der Waals surface area contributed by atoms with E-state index in [0.29, 0.717) is 11.3 Å². The highest BCUT2D eigenvalue weighted by atomic mass is 16.5. The van der Waals surface area contributed by atoms with E-state index >= 15 is 0 Å². The third-order valence-corrected chi connectivity index (χ3v) is 3.57. The Hall–Kier alpha value is -3.69. The van der Waals surface area contributed by atoms with E-state index in [1.807, 2.05) is 31.2 Å². The van der Waals surface area contributed by atoms with Crippen LogP contribution >= 0.6 is 0 Å². The summed E-state index contributed by atoms with van der Waals surface area (Å²) in [6.45, 7) is 1.61. The van der Waals surface area contributed by atoms with Crippen molar-refractivity contribution in [2.75, 3.05) is 19.0 Å². The normalized spacial score (nSPS) is 11.2. The lowest BCUT2D eigenvalue weighted by atomic mass is 10.1. The average Bonchev–Trinajstić information content (AvgIpc) is 2.66. The Morgan fingerprint density at radius 1 is 1.30 bits per heavy atom. The number of methoxy groups -OCH3 is 1. The second-order valence-corrected chi connectivity index (χ2v) is 5.58. The molecule has 0 fully saturated rings. The molecule has 0 saturated carbocycles. The first-order valence-corrected chi connectivity index (χ1v) is 8.03. The van der Waals surface area contributed by atoms with Crippen LogP contribution in [0.5, 0.6) is 5.75 Å². The summed E-state index contributed by atoms with van der Waals surface area (Å²) < 4.78 is 5.16. The van der Waals surface area contributed by atoms with Crippen molar-refractivity contribution in [3.8, 4) is 5.75 Å². The number of ether oxygens (including phenoxy) is 1. The molecule has 0 spiro atoms. The Labute approximate surface area is 156 Å². The highest BCUT2D eigenvalue weighted by Gasteiger charge is 2.12. The Balaban J connectivity index is 1.80. The number of hydrogen-bond donors (Lipinski definition) is 5. The van der Waals surface area contributed by atoms with Crippen molar-refractivity contribution in [1.29, 1.82) is 5.41 Å². The van der Waals surface area contributed by atoms with Gasteiger partial charge in [-0.3, -0.25) is 15.5 Å². The van der Waals surface area contributed by atoms with Gasteiger partial charge in [-0.25, -0.2) is 14.8 Å². The van der Waals surface area contributed by atoms with Gasteiger partial charge in [-0.2, -0.15) is 0 Å². The van der Waals surface area contributed by atoms with Crippen molar-refractivity contribution >= 4 is 23.7 Å². The first-order valence-electron chi connectivity index (χ1n) is 8.03. The molecular formula is C17H21N7O3. The van der Waals surface area contributed by atoms with E-state index in [0.717, 1.165) is 5.56 Å². The van der Waals surface area contributed by atoms with Crippen LogP contribution in [0.1, 0.15) is 24.1 Å². The van der Waals surface area contributed by atoms with Gasteiger partial charge in [-0.05, 0) is 24.6 Å². The smallest absolute Gasteiger partial charge is 0.322 e. The minimum atomic E-state index is -0.630. The largest absolute Gasteiger partial charge is 0.497 e. The summed E-state index contributed by atoms with van der Waals surface area (Å²) in [4.78, 5) is 31.5. The van der Waals surface area contributed by atoms with Crippen LogP contribution in [0.2, 0.25) is 0 Å². The fraction of sp³-hybridized carbons (Fsp3) is 0.235. The first kappa shape index (κ1) is 19.6. The SMILES string of the molecule is COc1cccc([C@H](C)NC(=O)CNC(=O)Nc2ncc(C(=N)N)cn2)c1. The van der Waals surface area contributed by atoms with Crippen LogP contribution in [0.25, 0.3) is 0 Å². The quantitative estimate of drug-likeness (QED) is 0.357. The lowest BCUT2D eigenvalue weighted by molar-refractivity contribution is -0.120. The molecule has 0 radical (unpaired) electrons. The number of nitrogens with one attached hydrogen (secondary N) is 4. The van der Waals surface area contributed by atoms with Gasteiger partial charge >= 0.3 is 6.03 Å². The number of nitrogen functional groups attached to an aromatic ring is 1. The summed E-state index contributed by atoms with van der Waals surface area (Å²) in [6.07, 6.45) is 2.63. The average molecular weight is 371 g/mol. The topological polar surface area (TPSA) is 155 Å². The van der Waals surface area contributed by atoms with Crippen LogP contribution in [0.3, 0.4) is 0 Å². The number of amidine groups is 1. The molecule has 0 bridgehead atoms. The molecule has 142 valence electrons. The van der Waals surface area contributed by atoms with Crippen LogP contribution in [-0.4, -0.2) is 41.4 Å². The molecule has 2 rings (SSSR count). The van der Waals surface area contributed by atoms with Gasteiger partial charge in [0.1, 0.15) is 11.6 Å². The van der Waals surface area contributed by atoms with Crippen molar-refractivity contribution < 1.29 is 14.3 Å². The van der Waals surface area contributed by atoms with Gasteiger partial charge in [-0.15, -0.1) is 0 Å². The number of nitrogens with two attached hydrogens (primary N) is 1. The van der Waals surface area contributed by atoms with Crippen LogP contribution in [0.15, 0.2) is 36.7 Å². The third-order valence-electron chi connectivity index (χ3n) is 3.57. The Kier molecular flexibility index (Phi) is 6.64. The lowest BCUT2D eigenvalue weighted by Gasteiger charge is -2.15. The van der Waals surface area contributed by atoms with Crippen LogP contribution in [0, 0.1) is 5.41 Å². The van der Waals surface area contributed by atoms with Crippen molar-refractivity contribution in [3.05, 3.63) is 47.8 Å². The van der Waals surface area contributed by atoms with Gasteiger partial charge in [0.15, 0.2) is 0 Å². The molecule has 1 heterocycles. The van der Waals surface area contributed by atoms with Crippen LogP contribution in [0.4, 0.5) is 10.7 Å². The standard InChI is InChI=1S/C17H21N7O3/c1-10(11-4-3-5-13(6-11)27-2)23-14(25)9-22-17(26)24-16-20-7-12(8-21-16)15(18)19/h3-8,10H,9H2,1-2H3,(H3,18,19)(H,23,25)(H2,20,21,22,24,26)/t10-/m0/s1. The van der Waals surface area contributed by atoms with Gasteiger partial charge in [0.05, 0.1) is 25.3 Å². The maximum Gasteiger partial charge on any atom is 0.322 e. The predicted molar refractivity (Wildman–Crippen MR) is 99.6 cm³/mol. The van der Waals surface area contributed by atoms with E-state index < -0.39 is 6.03 Å². The monoisotopic (exact) mass is 371 g/mol. The van der Waals surface area contributed by atoms with E-state index in [1.54, 1.807) is 7.11 Å². The second kappa shape index (κ2) is 9.13.